The molecule has 0 aliphatic heterocycles. The standard InChI is InChI=1S/C10H11N3O/c1-2-4-13-10(14)9-7-12-5-3-8(9)6-11/h3,5,7H,2,4H2,1H3,(H,13,14). The molecular weight excluding hydrogens is 178 g/mol. The highest BCUT2D eigenvalue weighted by Gasteiger charge is 2.09. The molecule has 1 aromatic heterocycles. The number of hydrogen-bond acceptors (Lipinski definition) is 3. The van der Waals surface area contributed by atoms with E-state index in [0.717, 1.165) is 6.42 Å². The number of hydrogen-bond donors (Lipinski definition) is 1. The van der Waals surface area contributed by atoms with E-state index >= 15 is 0 Å². The van der Waals surface area contributed by atoms with E-state index < -0.39 is 0 Å². The highest BCUT2D eigenvalue weighted by atomic mass is 16.1. The van der Waals surface area contributed by atoms with Crippen molar-refractivity contribution in [2.75, 3.05) is 6.54 Å². The number of amides is 1. The Hall–Kier alpha value is -1.89. The Balaban J connectivity index is 2.85. The summed E-state index contributed by atoms with van der Waals surface area (Å²) >= 11 is 0. The molecule has 1 heterocycles. The smallest absolute Gasteiger partial charge is 0.254 e. The van der Waals surface area contributed by atoms with Gasteiger partial charge in [-0.3, -0.25) is 9.78 Å². The van der Waals surface area contributed by atoms with Gasteiger partial charge in [0.05, 0.1) is 11.1 Å². The van der Waals surface area contributed by atoms with Crippen molar-refractivity contribution in [2.24, 2.45) is 0 Å². The molecule has 1 amide bonds. The van der Waals surface area contributed by atoms with Crippen molar-refractivity contribution in [3.63, 3.8) is 0 Å². The number of carbonyl (C=O) groups is 1. The van der Waals surface area contributed by atoms with Crippen molar-refractivity contribution in [2.45, 2.75) is 13.3 Å². The fraction of sp³-hybridized carbons (Fsp3) is 0.300. The molecule has 1 rings (SSSR count). The van der Waals surface area contributed by atoms with E-state index in [1.54, 1.807) is 0 Å². The summed E-state index contributed by atoms with van der Waals surface area (Å²) in [5.41, 5.74) is 0.692. The predicted molar refractivity (Wildman–Crippen MR) is 51.6 cm³/mol. The molecule has 0 unspecified atom stereocenters. The number of aromatic nitrogens is 1. The summed E-state index contributed by atoms with van der Waals surface area (Å²) in [5.74, 6) is -0.239. The van der Waals surface area contributed by atoms with E-state index in [2.05, 4.69) is 10.3 Å². The van der Waals surface area contributed by atoms with E-state index in [-0.39, 0.29) is 5.91 Å². The van der Waals surface area contributed by atoms with Crippen molar-refractivity contribution in [1.82, 2.24) is 10.3 Å². The van der Waals surface area contributed by atoms with Crippen LogP contribution in [0.25, 0.3) is 0 Å². The molecule has 4 nitrogen and oxygen atoms in total. The van der Waals surface area contributed by atoms with Gasteiger partial charge >= 0.3 is 0 Å². The van der Waals surface area contributed by atoms with Crippen LogP contribution in [0.1, 0.15) is 29.3 Å². The van der Waals surface area contributed by atoms with Crippen LogP contribution in [0.4, 0.5) is 0 Å². The molecule has 1 aromatic rings. The lowest BCUT2D eigenvalue weighted by molar-refractivity contribution is 0.0953. The zero-order valence-electron chi connectivity index (χ0n) is 7.95. The normalized spacial score (nSPS) is 9.14. The maximum absolute atomic E-state index is 11.5. The Morgan fingerprint density at radius 2 is 2.50 bits per heavy atom. The molecule has 0 spiro atoms. The third kappa shape index (κ3) is 2.30. The minimum Gasteiger partial charge on any atom is -0.352 e. The zero-order chi connectivity index (χ0) is 10.4. The van der Waals surface area contributed by atoms with Gasteiger partial charge < -0.3 is 5.32 Å². The van der Waals surface area contributed by atoms with Crippen LogP contribution < -0.4 is 5.32 Å². The maximum atomic E-state index is 11.5. The highest BCUT2D eigenvalue weighted by molar-refractivity contribution is 5.96. The summed E-state index contributed by atoms with van der Waals surface area (Å²) in [6, 6.07) is 3.48. The Morgan fingerprint density at radius 1 is 1.71 bits per heavy atom. The number of nitrogens with one attached hydrogen (secondary N) is 1. The topological polar surface area (TPSA) is 65.8 Å². The van der Waals surface area contributed by atoms with Crippen LogP contribution in [0.15, 0.2) is 18.5 Å². The van der Waals surface area contributed by atoms with Crippen molar-refractivity contribution >= 4 is 5.91 Å². The minimum atomic E-state index is -0.239. The number of pyridine rings is 1. The summed E-state index contributed by atoms with van der Waals surface area (Å²) in [6.07, 6.45) is 3.77. The van der Waals surface area contributed by atoms with Gasteiger partial charge in [0.1, 0.15) is 6.07 Å². The molecule has 0 aliphatic rings. The second-order valence-electron chi connectivity index (χ2n) is 2.79. The lowest BCUT2D eigenvalue weighted by Crippen LogP contribution is -2.24. The van der Waals surface area contributed by atoms with Gasteiger partial charge in [-0.2, -0.15) is 5.26 Å². The van der Waals surface area contributed by atoms with E-state index in [0.29, 0.717) is 17.7 Å². The SMILES string of the molecule is CCCNC(=O)c1cnccc1C#N. The fourth-order valence-corrected chi connectivity index (χ4v) is 1.01. The molecule has 1 N–H and O–H groups in total. The van der Waals surface area contributed by atoms with E-state index in [4.69, 9.17) is 5.26 Å². The van der Waals surface area contributed by atoms with Crippen molar-refractivity contribution in [1.29, 1.82) is 5.26 Å². The second-order valence-corrected chi connectivity index (χ2v) is 2.79. The third-order valence-electron chi connectivity index (χ3n) is 1.72. The maximum Gasteiger partial charge on any atom is 0.254 e. The third-order valence-corrected chi connectivity index (χ3v) is 1.72. The summed E-state index contributed by atoms with van der Waals surface area (Å²) in [6.45, 7) is 2.58. The molecule has 0 aliphatic carbocycles. The molecule has 0 saturated carbocycles. The van der Waals surface area contributed by atoms with Crippen LogP contribution in [0.2, 0.25) is 0 Å². The van der Waals surface area contributed by atoms with Gasteiger partial charge in [-0.25, -0.2) is 0 Å². The average Bonchev–Trinajstić information content (AvgIpc) is 2.25. The molecule has 0 fully saturated rings. The number of rotatable bonds is 3. The Labute approximate surface area is 82.6 Å². The van der Waals surface area contributed by atoms with E-state index in [1.807, 2.05) is 13.0 Å². The van der Waals surface area contributed by atoms with Crippen LogP contribution in [-0.2, 0) is 0 Å². The Bertz CT molecular complexity index is 368. The van der Waals surface area contributed by atoms with Gasteiger partial charge in [0, 0.05) is 18.9 Å². The first-order chi connectivity index (χ1) is 6.79. The van der Waals surface area contributed by atoms with Crippen LogP contribution in [0.5, 0.6) is 0 Å². The van der Waals surface area contributed by atoms with Crippen molar-refractivity contribution in [3.8, 4) is 6.07 Å². The Kier molecular flexibility index (Phi) is 3.62. The van der Waals surface area contributed by atoms with Crippen molar-refractivity contribution < 1.29 is 4.79 Å². The number of nitrogens with zero attached hydrogens (tertiary/aromatic N) is 2. The summed E-state index contributed by atoms with van der Waals surface area (Å²) in [4.78, 5) is 15.3. The summed E-state index contributed by atoms with van der Waals surface area (Å²) < 4.78 is 0. The van der Waals surface area contributed by atoms with Gasteiger partial charge in [0.25, 0.3) is 5.91 Å². The van der Waals surface area contributed by atoms with Crippen LogP contribution in [0, 0.1) is 11.3 Å². The largest absolute Gasteiger partial charge is 0.352 e. The van der Waals surface area contributed by atoms with E-state index in [1.165, 1.54) is 18.5 Å². The van der Waals surface area contributed by atoms with Gasteiger partial charge in [-0.15, -0.1) is 0 Å². The van der Waals surface area contributed by atoms with Crippen LogP contribution >= 0.6 is 0 Å². The number of carbonyl (C=O) groups excluding carboxylic acids is 1. The number of nitriles is 1. The minimum absolute atomic E-state index is 0.239. The quantitative estimate of drug-likeness (QED) is 0.774. The lowest BCUT2D eigenvalue weighted by Gasteiger charge is -2.03. The predicted octanol–water partition coefficient (Wildman–Crippen LogP) is 1.09. The summed E-state index contributed by atoms with van der Waals surface area (Å²) in [7, 11) is 0. The van der Waals surface area contributed by atoms with Gasteiger partial charge in [0.2, 0.25) is 0 Å². The molecule has 4 heteroatoms. The van der Waals surface area contributed by atoms with Crippen LogP contribution in [0.3, 0.4) is 0 Å². The lowest BCUT2D eigenvalue weighted by atomic mass is 10.1. The molecule has 0 bridgehead atoms. The fourth-order valence-electron chi connectivity index (χ4n) is 1.01. The Morgan fingerprint density at radius 3 is 3.14 bits per heavy atom. The van der Waals surface area contributed by atoms with Crippen molar-refractivity contribution in [3.05, 3.63) is 29.6 Å². The molecule has 0 aromatic carbocycles. The monoisotopic (exact) mass is 189 g/mol. The van der Waals surface area contributed by atoms with Gasteiger partial charge in [-0.1, -0.05) is 6.92 Å². The molecule has 0 atom stereocenters. The second kappa shape index (κ2) is 4.97. The first-order valence-electron chi connectivity index (χ1n) is 4.42. The first-order valence-corrected chi connectivity index (χ1v) is 4.42. The van der Waals surface area contributed by atoms with Crippen LogP contribution in [-0.4, -0.2) is 17.4 Å². The van der Waals surface area contributed by atoms with Gasteiger partial charge in [-0.05, 0) is 12.5 Å². The highest BCUT2D eigenvalue weighted by Crippen LogP contribution is 2.04. The van der Waals surface area contributed by atoms with E-state index in [9.17, 15) is 4.79 Å². The molecular formula is C10H11N3O. The molecule has 72 valence electrons. The molecule has 0 saturated heterocycles. The zero-order valence-corrected chi connectivity index (χ0v) is 7.95. The average molecular weight is 189 g/mol. The molecule has 14 heavy (non-hydrogen) atoms. The first kappa shape index (κ1) is 10.2. The summed E-state index contributed by atoms with van der Waals surface area (Å²) in [5, 5.41) is 11.4. The van der Waals surface area contributed by atoms with Gasteiger partial charge in [0.15, 0.2) is 0 Å². The molecule has 0 radical (unpaired) electrons.